The summed E-state index contributed by atoms with van der Waals surface area (Å²) in [5.41, 5.74) is 2.12. The van der Waals surface area contributed by atoms with E-state index in [1.54, 1.807) is 7.11 Å². The van der Waals surface area contributed by atoms with E-state index in [-0.39, 0.29) is 5.78 Å². The molecule has 1 rings (SSSR count). The van der Waals surface area contributed by atoms with Crippen LogP contribution in [0, 0.1) is 6.92 Å². The van der Waals surface area contributed by atoms with Crippen LogP contribution in [0.3, 0.4) is 0 Å². The van der Waals surface area contributed by atoms with Crippen molar-refractivity contribution in [1.29, 1.82) is 0 Å². The Morgan fingerprint density at radius 2 is 1.93 bits per heavy atom. The van der Waals surface area contributed by atoms with Crippen LogP contribution in [0.5, 0.6) is 0 Å². The first kappa shape index (κ1) is 10.9. The number of ketones is 1. The van der Waals surface area contributed by atoms with Gasteiger partial charge in [0.1, 0.15) is 6.10 Å². The molecule has 0 saturated carbocycles. The van der Waals surface area contributed by atoms with Crippen molar-refractivity contribution in [2.45, 2.75) is 26.4 Å². The van der Waals surface area contributed by atoms with Gasteiger partial charge >= 0.3 is 0 Å². The highest BCUT2D eigenvalue weighted by Crippen LogP contribution is 2.19. The lowest BCUT2D eigenvalue weighted by Crippen LogP contribution is -2.13. The molecule has 0 heterocycles. The maximum atomic E-state index is 11.5. The van der Waals surface area contributed by atoms with E-state index in [2.05, 4.69) is 0 Å². The summed E-state index contributed by atoms with van der Waals surface area (Å²) in [5.74, 6) is 0.122. The van der Waals surface area contributed by atoms with Gasteiger partial charge < -0.3 is 4.74 Å². The first-order valence-corrected chi connectivity index (χ1v) is 4.81. The standard InChI is InChI=1S/C12H16O2/c1-4-11(13)12(14-3)10-7-5-9(2)6-8-10/h5-8,12H,4H2,1-3H3. The molecule has 0 aromatic heterocycles. The minimum Gasteiger partial charge on any atom is -0.369 e. The van der Waals surface area contributed by atoms with Gasteiger partial charge in [-0.3, -0.25) is 4.79 Å². The molecule has 2 nitrogen and oxygen atoms in total. The van der Waals surface area contributed by atoms with E-state index in [0.29, 0.717) is 6.42 Å². The van der Waals surface area contributed by atoms with E-state index in [1.165, 1.54) is 5.56 Å². The van der Waals surface area contributed by atoms with Crippen LogP contribution in [0.15, 0.2) is 24.3 Å². The summed E-state index contributed by atoms with van der Waals surface area (Å²) in [5, 5.41) is 0. The van der Waals surface area contributed by atoms with Gasteiger partial charge in [-0.2, -0.15) is 0 Å². The molecule has 0 amide bonds. The van der Waals surface area contributed by atoms with Crippen molar-refractivity contribution in [2.24, 2.45) is 0 Å². The largest absolute Gasteiger partial charge is 0.369 e. The molecule has 1 unspecified atom stereocenters. The van der Waals surface area contributed by atoms with Crippen LogP contribution in [0.4, 0.5) is 0 Å². The van der Waals surface area contributed by atoms with Crippen molar-refractivity contribution in [3.8, 4) is 0 Å². The third-order valence-electron chi connectivity index (χ3n) is 2.26. The molecule has 1 atom stereocenters. The molecule has 0 bridgehead atoms. The lowest BCUT2D eigenvalue weighted by molar-refractivity contribution is -0.128. The maximum Gasteiger partial charge on any atom is 0.165 e. The Bertz CT molecular complexity index is 301. The molecule has 0 aliphatic heterocycles. The SMILES string of the molecule is CCC(=O)C(OC)c1ccc(C)cc1. The number of benzene rings is 1. The average molecular weight is 192 g/mol. The topological polar surface area (TPSA) is 26.3 Å². The fraction of sp³-hybridized carbons (Fsp3) is 0.417. The number of Topliss-reactive ketones (excluding diaryl/α,β-unsaturated/α-hetero) is 1. The van der Waals surface area contributed by atoms with Crippen LogP contribution < -0.4 is 0 Å². The van der Waals surface area contributed by atoms with Crippen molar-refractivity contribution < 1.29 is 9.53 Å². The van der Waals surface area contributed by atoms with Crippen LogP contribution in [0.25, 0.3) is 0 Å². The maximum absolute atomic E-state index is 11.5. The average Bonchev–Trinajstić information content (AvgIpc) is 2.21. The molecule has 76 valence electrons. The smallest absolute Gasteiger partial charge is 0.165 e. The molecule has 2 heteroatoms. The summed E-state index contributed by atoms with van der Waals surface area (Å²) in [6, 6.07) is 7.86. The molecule has 0 N–H and O–H groups in total. The lowest BCUT2D eigenvalue weighted by Gasteiger charge is -2.13. The number of carbonyl (C=O) groups excluding carboxylic acids is 1. The minimum absolute atomic E-state index is 0.122. The predicted molar refractivity (Wildman–Crippen MR) is 56.2 cm³/mol. The number of methoxy groups -OCH3 is 1. The highest BCUT2D eigenvalue weighted by molar-refractivity contribution is 5.84. The van der Waals surface area contributed by atoms with Crippen LogP contribution >= 0.6 is 0 Å². The zero-order chi connectivity index (χ0) is 10.6. The fourth-order valence-electron chi connectivity index (χ4n) is 1.38. The van der Waals surface area contributed by atoms with Gasteiger partial charge in [-0.05, 0) is 12.5 Å². The Hall–Kier alpha value is -1.15. The van der Waals surface area contributed by atoms with Gasteiger partial charge in [0, 0.05) is 13.5 Å². The molecule has 0 fully saturated rings. The van der Waals surface area contributed by atoms with E-state index in [1.807, 2.05) is 38.1 Å². The molecular formula is C12H16O2. The quantitative estimate of drug-likeness (QED) is 0.733. The van der Waals surface area contributed by atoms with E-state index in [0.717, 1.165) is 5.56 Å². The highest BCUT2D eigenvalue weighted by atomic mass is 16.5. The van der Waals surface area contributed by atoms with Crippen molar-refractivity contribution >= 4 is 5.78 Å². The van der Waals surface area contributed by atoms with Gasteiger partial charge in [-0.1, -0.05) is 36.8 Å². The lowest BCUT2D eigenvalue weighted by atomic mass is 10.0. The number of rotatable bonds is 4. The predicted octanol–water partition coefficient (Wildman–Crippen LogP) is 2.66. The summed E-state index contributed by atoms with van der Waals surface area (Å²) in [7, 11) is 1.57. The van der Waals surface area contributed by atoms with Gasteiger partial charge in [0.2, 0.25) is 0 Å². The van der Waals surface area contributed by atoms with Crippen molar-refractivity contribution in [1.82, 2.24) is 0 Å². The first-order chi connectivity index (χ1) is 6.69. The Morgan fingerprint density at radius 1 is 1.36 bits per heavy atom. The highest BCUT2D eigenvalue weighted by Gasteiger charge is 2.17. The first-order valence-electron chi connectivity index (χ1n) is 4.81. The van der Waals surface area contributed by atoms with Crippen LogP contribution in [0.2, 0.25) is 0 Å². The molecular weight excluding hydrogens is 176 g/mol. The third kappa shape index (κ3) is 2.42. The Balaban J connectivity index is 2.89. The molecule has 0 radical (unpaired) electrons. The summed E-state index contributed by atoms with van der Waals surface area (Å²) in [6.45, 7) is 3.87. The van der Waals surface area contributed by atoms with Gasteiger partial charge in [-0.15, -0.1) is 0 Å². The zero-order valence-corrected chi connectivity index (χ0v) is 8.91. The second-order valence-electron chi connectivity index (χ2n) is 3.35. The Kier molecular flexibility index (Phi) is 3.84. The Labute approximate surface area is 84.9 Å². The second kappa shape index (κ2) is 4.91. The zero-order valence-electron chi connectivity index (χ0n) is 8.91. The van der Waals surface area contributed by atoms with Crippen molar-refractivity contribution in [3.63, 3.8) is 0 Å². The summed E-state index contributed by atoms with van der Waals surface area (Å²) in [4.78, 5) is 11.5. The molecule has 0 aliphatic rings. The number of carbonyl (C=O) groups is 1. The third-order valence-corrected chi connectivity index (χ3v) is 2.26. The molecule has 1 aromatic carbocycles. The van der Waals surface area contributed by atoms with Gasteiger partial charge in [0.25, 0.3) is 0 Å². The van der Waals surface area contributed by atoms with Crippen LogP contribution in [-0.4, -0.2) is 12.9 Å². The summed E-state index contributed by atoms with van der Waals surface area (Å²) < 4.78 is 5.18. The van der Waals surface area contributed by atoms with Crippen LogP contribution in [-0.2, 0) is 9.53 Å². The number of aryl methyl sites for hydroxylation is 1. The van der Waals surface area contributed by atoms with Crippen molar-refractivity contribution in [2.75, 3.05) is 7.11 Å². The normalized spacial score (nSPS) is 12.5. The monoisotopic (exact) mass is 192 g/mol. The van der Waals surface area contributed by atoms with Gasteiger partial charge in [0.15, 0.2) is 5.78 Å². The van der Waals surface area contributed by atoms with E-state index in [9.17, 15) is 4.79 Å². The summed E-state index contributed by atoms with van der Waals surface area (Å²) in [6.07, 6.45) is 0.104. The van der Waals surface area contributed by atoms with Crippen molar-refractivity contribution in [3.05, 3.63) is 35.4 Å². The van der Waals surface area contributed by atoms with Gasteiger partial charge in [0.05, 0.1) is 0 Å². The molecule has 14 heavy (non-hydrogen) atoms. The summed E-state index contributed by atoms with van der Waals surface area (Å²) >= 11 is 0. The minimum atomic E-state index is -0.402. The molecule has 0 spiro atoms. The molecule has 1 aromatic rings. The van der Waals surface area contributed by atoms with E-state index >= 15 is 0 Å². The molecule has 0 aliphatic carbocycles. The molecule has 0 saturated heterocycles. The Morgan fingerprint density at radius 3 is 2.36 bits per heavy atom. The van der Waals surface area contributed by atoms with Gasteiger partial charge in [-0.25, -0.2) is 0 Å². The van der Waals surface area contributed by atoms with E-state index < -0.39 is 6.10 Å². The number of hydrogen-bond donors (Lipinski definition) is 0. The fourth-order valence-corrected chi connectivity index (χ4v) is 1.38. The van der Waals surface area contributed by atoms with E-state index in [4.69, 9.17) is 4.74 Å². The van der Waals surface area contributed by atoms with Crippen LogP contribution in [0.1, 0.15) is 30.6 Å². The number of hydrogen-bond acceptors (Lipinski definition) is 2. The number of ether oxygens (including phenoxy) is 1. The second-order valence-corrected chi connectivity index (χ2v) is 3.35.